The van der Waals surface area contributed by atoms with Crippen LogP contribution in [0.2, 0.25) is 19.6 Å². The third-order valence-corrected chi connectivity index (χ3v) is 4.23. The summed E-state index contributed by atoms with van der Waals surface area (Å²) in [6, 6.07) is 1.85. The summed E-state index contributed by atoms with van der Waals surface area (Å²) >= 11 is 0. The Balaban J connectivity index is 3.09. The van der Waals surface area contributed by atoms with Crippen molar-refractivity contribution in [1.82, 2.24) is 4.98 Å². The van der Waals surface area contributed by atoms with Gasteiger partial charge in [-0.2, -0.15) is 4.39 Å². The van der Waals surface area contributed by atoms with Crippen LogP contribution in [0.1, 0.15) is 12.5 Å². The lowest BCUT2D eigenvalue weighted by Gasteiger charge is -2.20. The molecule has 1 aromatic rings. The van der Waals surface area contributed by atoms with Crippen LogP contribution in [0.4, 0.5) is 4.39 Å². The third-order valence-electron chi connectivity index (χ3n) is 2.20. The second-order valence-corrected chi connectivity index (χ2v) is 9.52. The maximum Gasteiger partial charge on any atom is 0.212 e. The quantitative estimate of drug-likeness (QED) is 0.581. The zero-order chi connectivity index (χ0) is 11.5. The van der Waals surface area contributed by atoms with E-state index in [0.29, 0.717) is 13.2 Å². The molecule has 1 heterocycles. The van der Waals surface area contributed by atoms with Crippen molar-refractivity contribution in [2.45, 2.75) is 33.2 Å². The Morgan fingerprint density at radius 3 is 2.60 bits per heavy atom. The first-order valence-electron chi connectivity index (χ1n) is 5.18. The molecule has 0 amide bonds. The highest BCUT2D eigenvalue weighted by Crippen LogP contribution is 2.10. The Morgan fingerprint density at radius 1 is 1.40 bits per heavy atom. The molecule has 1 aromatic heterocycles. The van der Waals surface area contributed by atoms with Gasteiger partial charge in [0.15, 0.2) is 0 Å². The molecule has 0 unspecified atom stereocenters. The maximum absolute atomic E-state index is 13.6. The largest absolute Gasteiger partial charge is 0.377 e. The summed E-state index contributed by atoms with van der Waals surface area (Å²) in [6.07, 6.45) is 1.51. The molecule has 0 spiro atoms. The Kier molecular flexibility index (Phi) is 3.99. The molecule has 1 rings (SSSR count). The van der Waals surface area contributed by atoms with Gasteiger partial charge in [0.2, 0.25) is 5.95 Å². The highest BCUT2D eigenvalue weighted by Gasteiger charge is 2.24. The van der Waals surface area contributed by atoms with E-state index >= 15 is 0 Å². The first-order chi connectivity index (χ1) is 6.96. The molecule has 0 aliphatic heterocycles. The predicted molar refractivity (Wildman–Crippen MR) is 62.5 cm³/mol. The van der Waals surface area contributed by atoms with Crippen LogP contribution in [0, 0.1) is 5.95 Å². The molecule has 0 radical (unpaired) electrons. The molecule has 0 bridgehead atoms. The molecular formula is C11H18FNOSi. The summed E-state index contributed by atoms with van der Waals surface area (Å²) in [4.78, 5) is 3.73. The van der Waals surface area contributed by atoms with E-state index in [4.69, 9.17) is 4.74 Å². The zero-order valence-electron chi connectivity index (χ0n) is 9.80. The SMILES string of the molecule is CCOCc1ccnc(F)c1[Si](C)(C)C. The fourth-order valence-electron chi connectivity index (χ4n) is 1.60. The summed E-state index contributed by atoms with van der Waals surface area (Å²) in [5.74, 6) is -0.327. The third kappa shape index (κ3) is 3.11. The van der Waals surface area contributed by atoms with E-state index in [2.05, 4.69) is 24.6 Å². The number of hydrogen-bond donors (Lipinski definition) is 0. The van der Waals surface area contributed by atoms with Crippen molar-refractivity contribution in [3.63, 3.8) is 0 Å². The second-order valence-electron chi connectivity index (χ2n) is 4.52. The van der Waals surface area contributed by atoms with E-state index in [1.54, 1.807) is 0 Å². The Hall–Kier alpha value is -0.743. The van der Waals surface area contributed by atoms with E-state index < -0.39 is 8.07 Å². The maximum atomic E-state index is 13.6. The average molecular weight is 227 g/mol. The number of aromatic nitrogens is 1. The molecule has 84 valence electrons. The van der Waals surface area contributed by atoms with Gasteiger partial charge in [-0.05, 0) is 23.7 Å². The van der Waals surface area contributed by atoms with Crippen LogP contribution in [0.3, 0.4) is 0 Å². The molecule has 4 heteroatoms. The summed E-state index contributed by atoms with van der Waals surface area (Å²) < 4.78 is 19.0. The fourth-order valence-corrected chi connectivity index (χ4v) is 3.40. The van der Waals surface area contributed by atoms with E-state index in [1.807, 2.05) is 13.0 Å². The highest BCUT2D eigenvalue weighted by molar-refractivity contribution is 6.89. The molecule has 15 heavy (non-hydrogen) atoms. The number of halogens is 1. The Morgan fingerprint density at radius 2 is 2.07 bits per heavy atom. The van der Waals surface area contributed by atoms with Gasteiger partial charge < -0.3 is 4.74 Å². The molecule has 0 saturated heterocycles. The van der Waals surface area contributed by atoms with E-state index in [-0.39, 0.29) is 5.95 Å². The molecule has 0 aliphatic rings. The van der Waals surface area contributed by atoms with Crippen molar-refractivity contribution in [3.8, 4) is 0 Å². The molecule has 0 saturated carbocycles. The van der Waals surface area contributed by atoms with Gasteiger partial charge in [0.1, 0.15) is 0 Å². The van der Waals surface area contributed by atoms with Gasteiger partial charge in [-0.3, -0.25) is 0 Å². The van der Waals surface area contributed by atoms with Gasteiger partial charge >= 0.3 is 0 Å². The molecule has 0 atom stereocenters. The standard InChI is InChI=1S/C11H18FNOSi/c1-5-14-8-9-6-7-13-11(12)10(9)15(2,3)4/h6-7H,5,8H2,1-4H3. The topological polar surface area (TPSA) is 22.1 Å². The van der Waals surface area contributed by atoms with E-state index in [0.717, 1.165) is 10.8 Å². The number of ether oxygens (including phenoxy) is 1. The molecule has 0 fully saturated rings. The lowest BCUT2D eigenvalue weighted by atomic mass is 10.3. The number of hydrogen-bond acceptors (Lipinski definition) is 2. The summed E-state index contributed by atoms with van der Waals surface area (Å²) in [5.41, 5.74) is 0.948. The lowest BCUT2D eigenvalue weighted by molar-refractivity contribution is 0.134. The average Bonchev–Trinajstić information content (AvgIpc) is 2.12. The Labute approximate surface area is 91.5 Å². The Bertz CT molecular complexity index is 336. The minimum atomic E-state index is -1.69. The number of pyridine rings is 1. The van der Waals surface area contributed by atoms with Crippen LogP contribution in [0.5, 0.6) is 0 Å². The van der Waals surface area contributed by atoms with Crippen LogP contribution < -0.4 is 5.19 Å². The van der Waals surface area contributed by atoms with E-state index in [1.165, 1.54) is 6.20 Å². The minimum absolute atomic E-state index is 0.327. The lowest BCUT2D eigenvalue weighted by Crippen LogP contribution is -2.43. The van der Waals surface area contributed by atoms with Crippen LogP contribution >= 0.6 is 0 Å². The van der Waals surface area contributed by atoms with Crippen molar-refractivity contribution < 1.29 is 9.13 Å². The number of rotatable bonds is 4. The zero-order valence-corrected chi connectivity index (χ0v) is 10.8. The van der Waals surface area contributed by atoms with Crippen LogP contribution in [0.25, 0.3) is 0 Å². The molecular weight excluding hydrogens is 209 g/mol. The first-order valence-corrected chi connectivity index (χ1v) is 8.68. The molecule has 0 aliphatic carbocycles. The molecule has 0 aromatic carbocycles. The predicted octanol–water partition coefficient (Wildman–Crippen LogP) is 2.30. The van der Waals surface area contributed by atoms with Crippen LogP contribution in [-0.4, -0.2) is 19.7 Å². The van der Waals surface area contributed by atoms with Crippen LogP contribution in [0.15, 0.2) is 12.3 Å². The van der Waals surface area contributed by atoms with Gasteiger partial charge in [0.05, 0.1) is 14.7 Å². The van der Waals surface area contributed by atoms with Gasteiger partial charge in [-0.15, -0.1) is 0 Å². The van der Waals surface area contributed by atoms with Gasteiger partial charge in [-0.1, -0.05) is 19.6 Å². The normalized spacial score (nSPS) is 11.8. The first kappa shape index (κ1) is 12.3. The van der Waals surface area contributed by atoms with Crippen molar-refractivity contribution in [2.24, 2.45) is 0 Å². The minimum Gasteiger partial charge on any atom is -0.377 e. The summed E-state index contributed by atoms with van der Waals surface area (Å²) in [6.45, 7) is 9.41. The van der Waals surface area contributed by atoms with Crippen molar-refractivity contribution in [1.29, 1.82) is 0 Å². The van der Waals surface area contributed by atoms with E-state index in [9.17, 15) is 4.39 Å². The fraction of sp³-hybridized carbons (Fsp3) is 0.545. The van der Waals surface area contributed by atoms with Gasteiger partial charge in [0.25, 0.3) is 0 Å². The summed E-state index contributed by atoms with van der Waals surface area (Å²) in [5, 5.41) is 0.790. The second kappa shape index (κ2) is 4.85. The van der Waals surface area contributed by atoms with Crippen molar-refractivity contribution in [3.05, 3.63) is 23.8 Å². The van der Waals surface area contributed by atoms with Gasteiger partial charge in [0, 0.05) is 12.8 Å². The van der Waals surface area contributed by atoms with Crippen LogP contribution in [-0.2, 0) is 11.3 Å². The molecule has 2 nitrogen and oxygen atoms in total. The monoisotopic (exact) mass is 227 g/mol. The smallest absolute Gasteiger partial charge is 0.212 e. The van der Waals surface area contributed by atoms with Crippen molar-refractivity contribution >= 4 is 13.3 Å². The summed E-state index contributed by atoms with van der Waals surface area (Å²) in [7, 11) is -1.69. The van der Waals surface area contributed by atoms with Crippen molar-refractivity contribution in [2.75, 3.05) is 6.61 Å². The number of nitrogens with zero attached hydrogens (tertiary/aromatic N) is 1. The highest BCUT2D eigenvalue weighted by atomic mass is 28.3. The van der Waals surface area contributed by atoms with Gasteiger partial charge in [-0.25, -0.2) is 4.98 Å². The molecule has 0 N–H and O–H groups in total.